The number of benzene rings is 1. The Kier molecular flexibility index (Phi) is 6.56. The van der Waals surface area contributed by atoms with Gasteiger partial charge in [-0.1, -0.05) is 30.3 Å². The van der Waals surface area contributed by atoms with Crippen molar-refractivity contribution in [2.24, 2.45) is 0 Å². The highest BCUT2D eigenvalue weighted by Crippen LogP contribution is 2.21. The van der Waals surface area contributed by atoms with Gasteiger partial charge in [-0.2, -0.15) is 5.10 Å². The number of morpholine rings is 1. The van der Waals surface area contributed by atoms with Crippen LogP contribution in [0.25, 0.3) is 0 Å². The van der Waals surface area contributed by atoms with Crippen molar-refractivity contribution in [2.75, 3.05) is 62.3 Å². The molecule has 0 N–H and O–H groups in total. The molecule has 7 heteroatoms. The number of ether oxygens (including phenoxy) is 1. The number of piperazine rings is 1. The number of anilines is 2. The van der Waals surface area contributed by atoms with Crippen molar-refractivity contribution >= 4 is 17.4 Å². The van der Waals surface area contributed by atoms with E-state index in [0.29, 0.717) is 6.42 Å². The quantitative estimate of drug-likeness (QED) is 0.745. The fourth-order valence-corrected chi connectivity index (χ4v) is 3.93. The third kappa shape index (κ3) is 5.23. The van der Waals surface area contributed by atoms with Gasteiger partial charge in [0.2, 0.25) is 5.91 Å². The van der Waals surface area contributed by atoms with E-state index in [-0.39, 0.29) is 5.91 Å². The largest absolute Gasteiger partial charge is 0.378 e. The van der Waals surface area contributed by atoms with Gasteiger partial charge in [0.25, 0.3) is 0 Å². The SMILES string of the molecule is O=C(CCCc1ccccc1)N1CCN(c2cnnc(N3CCOCC3)c2)CC1. The fourth-order valence-electron chi connectivity index (χ4n) is 3.93. The second-order valence-corrected chi connectivity index (χ2v) is 7.58. The van der Waals surface area contributed by atoms with Gasteiger partial charge in [-0.3, -0.25) is 4.79 Å². The lowest BCUT2D eigenvalue weighted by Crippen LogP contribution is -2.48. The molecule has 3 heterocycles. The van der Waals surface area contributed by atoms with E-state index in [2.05, 4.69) is 50.3 Å². The van der Waals surface area contributed by atoms with Crippen LogP contribution in [0.5, 0.6) is 0 Å². The summed E-state index contributed by atoms with van der Waals surface area (Å²) < 4.78 is 5.42. The van der Waals surface area contributed by atoms with E-state index in [1.54, 1.807) is 0 Å². The van der Waals surface area contributed by atoms with Crippen molar-refractivity contribution in [2.45, 2.75) is 19.3 Å². The number of nitrogens with zero attached hydrogens (tertiary/aromatic N) is 5. The second-order valence-electron chi connectivity index (χ2n) is 7.58. The van der Waals surface area contributed by atoms with Crippen LogP contribution in [0.2, 0.25) is 0 Å². The topological polar surface area (TPSA) is 61.8 Å². The van der Waals surface area contributed by atoms with Crippen LogP contribution in [-0.2, 0) is 16.0 Å². The summed E-state index contributed by atoms with van der Waals surface area (Å²) in [6.45, 7) is 6.36. The molecule has 154 valence electrons. The van der Waals surface area contributed by atoms with Crippen molar-refractivity contribution in [3.8, 4) is 0 Å². The lowest BCUT2D eigenvalue weighted by atomic mass is 10.1. The van der Waals surface area contributed by atoms with Crippen molar-refractivity contribution in [1.82, 2.24) is 15.1 Å². The number of hydrogen-bond donors (Lipinski definition) is 0. The summed E-state index contributed by atoms with van der Waals surface area (Å²) in [5.41, 5.74) is 2.38. The highest BCUT2D eigenvalue weighted by Gasteiger charge is 2.22. The second kappa shape index (κ2) is 9.69. The van der Waals surface area contributed by atoms with Crippen molar-refractivity contribution in [3.05, 3.63) is 48.2 Å². The Hall–Kier alpha value is -2.67. The van der Waals surface area contributed by atoms with Gasteiger partial charge < -0.3 is 19.4 Å². The lowest BCUT2D eigenvalue weighted by Gasteiger charge is -2.36. The standard InChI is InChI=1S/C22H29N5O2/c28-22(8-4-7-19-5-2-1-3-6-19)27-11-9-25(10-12-27)20-17-21(24-23-18-20)26-13-15-29-16-14-26/h1-3,5-6,17-18H,4,7-16H2. The van der Waals surface area contributed by atoms with Gasteiger partial charge in [-0.05, 0) is 18.4 Å². The molecule has 0 unspecified atom stereocenters. The van der Waals surface area contributed by atoms with Crippen molar-refractivity contribution in [1.29, 1.82) is 0 Å². The first kappa shape index (κ1) is 19.6. The highest BCUT2D eigenvalue weighted by atomic mass is 16.5. The highest BCUT2D eigenvalue weighted by molar-refractivity contribution is 5.76. The molecule has 2 aromatic rings. The average Bonchev–Trinajstić information content (AvgIpc) is 2.80. The number of rotatable bonds is 6. The molecule has 2 saturated heterocycles. The van der Waals surface area contributed by atoms with E-state index < -0.39 is 0 Å². The van der Waals surface area contributed by atoms with Crippen molar-refractivity contribution in [3.63, 3.8) is 0 Å². The Morgan fingerprint density at radius 1 is 0.966 bits per heavy atom. The van der Waals surface area contributed by atoms with Crippen molar-refractivity contribution < 1.29 is 9.53 Å². The van der Waals surface area contributed by atoms with Crippen LogP contribution in [0.4, 0.5) is 11.5 Å². The molecule has 0 atom stereocenters. The number of carbonyl (C=O) groups is 1. The fraction of sp³-hybridized carbons (Fsp3) is 0.500. The summed E-state index contributed by atoms with van der Waals surface area (Å²) in [7, 11) is 0. The van der Waals surface area contributed by atoms with E-state index in [0.717, 1.165) is 76.8 Å². The smallest absolute Gasteiger partial charge is 0.222 e. The van der Waals surface area contributed by atoms with E-state index in [9.17, 15) is 4.79 Å². The summed E-state index contributed by atoms with van der Waals surface area (Å²) >= 11 is 0. The minimum atomic E-state index is 0.266. The summed E-state index contributed by atoms with van der Waals surface area (Å²) in [6, 6.07) is 12.5. The van der Waals surface area contributed by atoms with Gasteiger partial charge >= 0.3 is 0 Å². The van der Waals surface area contributed by atoms with Gasteiger partial charge in [-0.15, -0.1) is 5.10 Å². The molecule has 0 radical (unpaired) electrons. The number of hydrogen-bond acceptors (Lipinski definition) is 6. The Morgan fingerprint density at radius 3 is 2.48 bits per heavy atom. The Labute approximate surface area is 172 Å². The number of carbonyl (C=O) groups excluding carboxylic acids is 1. The summed E-state index contributed by atoms with van der Waals surface area (Å²) in [6.07, 6.45) is 4.30. The summed E-state index contributed by atoms with van der Waals surface area (Å²) in [5, 5.41) is 8.49. The molecular formula is C22H29N5O2. The number of amides is 1. The number of aryl methyl sites for hydroxylation is 1. The maximum Gasteiger partial charge on any atom is 0.222 e. The van der Waals surface area contributed by atoms with Gasteiger partial charge in [0, 0.05) is 51.8 Å². The molecule has 1 aromatic carbocycles. The average molecular weight is 396 g/mol. The third-order valence-electron chi connectivity index (χ3n) is 5.66. The maximum absolute atomic E-state index is 12.6. The third-order valence-corrected chi connectivity index (χ3v) is 5.66. The zero-order valence-electron chi connectivity index (χ0n) is 16.9. The lowest BCUT2D eigenvalue weighted by molar-refractivity contribution is -0.131. The molecule has 0 aliphatic carbocycles. The minimum Gasteiger partial charge on any atom is -0.378 e. The molecule has 2 aliphatic heterocycles. The zero-order chi connectivity index (χ0) is 19.9. The predicted molar refractivity (Wildman–Crippen MR) is 113 cm³/mol. The molecular weight excluding hydrogens is 366 g/mol. The molecule has 29 heavy (non-hydrogen) atoms. The molecule has 0 spiro atoms. The summed E-state index contributed by atoms with van der Waals surface area (Å²) in [5.74, 6) is 1.17. The Balaban J connectivity index is 1.25. The zero-order valence-corrected chi connectivity index (χ0v) is 16.9. The van der Waals surface area contributed by atoms with Gasteiger partial charge in [-0.25, -0.2) is 0 Å². The molecule has 1 aromatic heterocycles. The van der Waals surface area contributed by atoms with Crippen LogP contribution in [0.15, 0.2) is 42.6 Å². The van der Waals surface area contributed by atoms with E-state index in [4.69, 9.17) is 4.74 Å². The molecule has 0 bridgehead atoms. The molecule has 4 rings (SSSR count). The molecule has 0 saturated carbocycles. The predicted octanol–water partition coefficient (Wildman–Crippen LogP) is 1.98. The van der Waals surface area contributed by atoms with Crippen LogP contribution >= 0.6 is 0 Å². The van der Waals surface area contributed by atoms with Crippen LogP contribution in [-0.4, -0.2) is 73.5 Å². The molecule has 2 fully saturated rings. The molecule has 2 aliphatic rings. The van der Waals surface area contributed by atoms with E-state index in [1.807, 2.05) is 17.2 Å². The maximum atomic E-state index is 12.6. The van der Waals surface area contributed by atoms with Gasteiger partial charge in [0.05, 0.1) is 25.1 Å². The van der Waals surface area contributed by atoms with Gasteiger partial charge in [0.1, 0.15) is 0 Å². The normalized spacial score (nSPS) is 17.4. The van der Waals surface area contributed by atoms with E-state index >= 15 is 0 Å². The first-order valence-electron chi connectivity index (χ1n) is 10.5. The van der Waals surface area contributed by atoms with Crippen LogP contribution in [0.1, 0.15) is 18.4 Å². The summed E-state index contributed by atoms with van der Waals surface area (Å²) in [4.78, 5) is 19.1. The minimum absolute atomic E-state index is 0.266. The molecule has 1 amide bonds. The van der Waals surface area contributed by atoms with Crippen LogP contribution in [0, 0.1) is 0 Å². The first-order valence-corrected chi connectivity index (χ1v) is 10.5. The Bertz CT molecular complexity index is 787. The van der Waals surface area contributed by atoms with Crippen LogP contribution < -0.4 is 9.80 Å². The van der Waals surface area contributed by atoms with Gasteiger partial charge in [0.15, 0.2) is 5.82 Å². The monoisotopic (exact) mass is 395 g/mol. The Morgan fingerprint density at radius 2 is 1.72 bits per heavy atom. The number of aromatic nitrogens is 2. The first-order chi connectivity index (χ1) is 14.3. The molecule has 7 nitrogen and oxygen atoms in total. The van der Waals surface area contributed by atoms with Crippen LogP contribution in [0.3, 0.4) is 0 Å². The van der Waals surface area contributed by atoms with E-state index in [1.165, 1.54) is 5.56 Å².